The highest BCUT2D eigenvalue weighted by Gasteiger charge is 1.99. The number of aromatic nitrogens is 3. The lowest BCUT2D eigenvalue weighted by molar-refractivity contribution is 0.397. The Labute approximate surface area is 105 Å². The zero-order chi connectivity index (χ0) is 12.8. The molecule has 0 aromatic carbocycles. The number of hydrogen-bond acceptors (Lipinski definition) is 6. The molecule has 0 amide bonds. The Bertz CT molecular complexity index is 437. The Hall–Kier alpha value is -2.37. The van der Waals surface area contributed by atoms with Gasteiger partial charge in [-0.05, 0) is 5.56 Å². The molecular formula is C12H14N4O2. The van der Waals surface area contributed by atoms with E-state index in [0.29, 0.717) is 24.1 Å². The highest BCUT2D eigenvalue weighted by Crippen LogP contribution is 2.10. The fourth-order valence-corrected chi connectivity index (χ4v) is 1.33. The summed E-state index contributed by atoms with van der Waals surface area (Å²) >= 11 is 0. The lowest BCUT2D eigenvalue weighted by Gasteiger charge is -2.05. The van der Waals surface area contributed by atoms with Crippen molar-refractivity contribution in [1.82, 2.24) is 15.0 Å². The Morgan fingerprint density at radius 3 is 2.33 bits per heavy atom. The highest BCUT2D eigenvalue weighted by molar-refractivity contribution is 5.29. The van der Waals surface area contributed by atoms with Crippen molar-refractivity contribution in [1.29, 1.82) is 0 Å². The molecule has 0 unspecified atom stereocenters. The van der Waals surface area contributed by atoms with E-state index in [0.717, 1.165) is 5.56 Å². The molecule has 2 aromatic rings. The van der Waals surface area contributed by atoms with Gasteiger partial charge in [-0.2, -0.15) is 0 Å². The normalized spacial score (nSPS) is 9.89. The van der Waals surface area contributed by atoms with Gasteiger partial charge in [-0.15, -0.1) is 0 Å². The molecule has 2 aromatic heterocycles. The van der Waals surface area contributed by atoms with Crippen LogP contribution in [0.2, 0.25) is 0 Å². The minimum absolute atomic E-state index is 0.548. The van der Waals surface area contributed by atoms with Crippen LogP contribution in [0.3, 0.4) is 0 Å². The van der Waals surface area contributed by atoms with Gasteiger partial charge in [-0.3, -0.25) is 0 Å². The Kier molecular flexibility index (Phi) is 3.90. The molecule has 0 aliphatic rings. The van der Waals surface area contributed by atoms with Crippen molar-refractivity contribution < 1.29 is 9.47 Å². The molecule has 0 fully saturated rings. The van der Waals surface area contributed by atoms with Gasteiger partial charge >= 0.3 is 0 Å². The number of nitrogens with zero attached hydrogens (tertiary/aromatic N) is 3. The predicted octanol–water partition coefficient (Wildman–Crippen LogP) is 1.50. The lowest BCUT2D eigenvalue weighted by atomic mass is 10.3. The second-order valence-electron chi connectivity index (χ2n) is 3.51. The van der Waals surface area contributed by atoms with Gasteiger partial charge in [0.25, 0.3) is 0 Å². The van der Waals surface area contributed by atoms with Crippen molar-refractivity contribution in [2.24, 2.45) is 0 Å². The Balaban J connectivity index is 1.93. The van der Waals surface area contributed by atoms with E-state index in [1.807, 2.05) is 12.1 Å². The first-order valence-corrected chi connectivity index (χ1v) is 5.40. The first-order chi connectivity index (χ1) is 8.81. The monoisotopic (exact) mass is 246 g/mol. The maximum Gasteiger partial charge on any atom is 0.223 e. The molecule has 0 atom stereocenters. The van der Waals surface area contributed by atoms with Crippen LogP contribution in [-0.2, 0) is 6.54 Å². The van der Waals surface area contributed by atoms with Crippen molar-refractivity contribution in [2.75, 3.05) is 19.5 Å². The zero-order valence-electron chi connectivity index (χ0n) is 10.3. The van der Waals surface area contributed by atoms with Crippen LogP contribution in [0.15, 0.2) is 30.7 Å². The largest absolute Gasteiger partial charge is 0.494 e. The van der Waals surface area contributed by atoms with Crippen molar-refractivity contribution >= 4 is 5.95 Å². The molecule has 2 heterocycles. The maximum absolute atomic E-state index is 4.99. The molecule has 0 radical (unpaired) electrons. The van der Waals surface area contributed by atoms with E-state index < -0.39 is 0 Å². The van der Waals surface area contributed by atoms with Crippen LogP contribution in [0.5, 0.6) is 11.6 Å². The summed E-state index contributed by atoms with van der Waals surface area (Å²) in [7, 11) is 3.17. The molecular weight excluding hydrogens is 232 g/mol. The molecule has 1 N–H and O–H groups in total. The number of anilines is 1. The number of methoxy groups -OCH3 is 2. The number of pyridine rings is 1. The highest BCUT2D eigenvalue weighted by atomic mass is 16.5. The minimum atomic E-state index is 0.548. The zero-order valence-corrected chi connectivity index (χ0v) is 10.3. The number of nitrogens with one attached hydrogen (secondary N) is 1. The molecule has 6 heteroatoms. The summed E-state index contributed by atoms with van der Waals surface area (Å²) in [4.78, 5) is 12.3. The van der Waals surface area contributed by atoms with Gasteiger partial charge in [-0.1, -0.05) is 6.07 Å². The third-order valence-corrected chi connectivity index (χ3v) is 2.32. The fraction of sp³-hybridized carbons (Fsp3) is 0.250. The average Bonchev–Trinajstić information content (AvgIpc) is 2.46. The van der Waals surface area contributed by atoms with Crippen molar-refractivity contribution in [2.45, 2.75) is 6.54 Å². The van der Waals surface area contributed by atoms with Gasteiger partial charge in [0.2, 0.25) is 11.8 Å². The molecule has 0 aliphatic carbocycles. The lowest BCUT2D eigenvalue weighted by Crippen LogP contribution is -2.03. The van der Waals surface area contributed by atoms with Gasteiger partial charge in [0.1, 0.15) is 0 Å². The third kappa shape index (κ3) is 3.07. The summed E-state index contributed by atoms with van der Waals surface area (Å²) in [6, 6.07) is 3.74. The first-order valence-electron chi connectivity index (χ1n) is 5.40. The maximum atomic E-state index is 4.99. The molecule has 0 bridgehead atoms. The van der Waals surface area contributed by atoms with Crippen LogP contribution in [0.25, 0.3) is 0 Å². The van der Waals surface area contributed by atoms with Gasteiger partial charge in [0.05, 0.1) is 26.6 Å². The molecule has 0 saturated heterocycles. The van der Waals surface area contributed by atoms with Crippen LogP contribution in [-0.4, -0.2) is 29.2 Å². The van der Waals surface area contributed by atoms with Crippen molar-refractivity contribution in [3.63, 3.8) is 0 Å². The number of rotatable bonds is 5. The second-order valence-corrected chi connectivity index (χ2v) is 3.51. The van der Waals surface area contributed by atoms with E-state index in [1.54, 1.807) is 32.8 Å². The van der Waals surface area contributed by atoms with E-state index in [4.69, 9.17) is 9.47 Å². The van der Waals surface area contributed by atoms with Crippen molar-refractivity contribution in [3.8, 4) is 11.6 Å². The van der Waals surface area contributed by atoms with E-state index in [-0.39, 0.29) is 0 Å². The van der Waals surface area contributed by atoms with Crippen molar-refractivity contribution in [3.05, 3.63) is 36.3 Å². The molecule has 18 heavy (non-hydrogen) atoms. The molecule has 94 valence electrons. The Morgan fingerprint density at radius 2 is 1.78 bits per heavy atom. The SMILES string of the molecule is COc1cnc(NCc2ccc(OC)nc2)nc1. The van der Waals surface area contributed by atoms with Crippen LogP contribution >= 0.6 is 0 Å². The van der Waals surface area contributed by atoms with E-state index in [9.17, 15) is 0 Å². The summed E-state index contributed by atoms with van der Waals surface area (Å²) in [5.74, 6) is 1.78. The quantitative estimate of drug-likeness (QED) is 0.862. The van der Waals surface area contributed by atoms with E-state index in [1.165, 1.54) is 0 Å². The van der Waals surface area contributed by atoms with Crippen LogP contribution in [0, 0.1) is 0 Å². The topological polar surface area (TPSA) is 69.2 Å². The average molecular weight is 246 g/mol. The standard InChI is InChI=1S/C12H14N4O2/c1-17-10-7-15-12(16-8-10)14-6-9-3-4-11(18-2)13-5-9/h3-5,7-8H,6H2,1-2H3,(H,14,15,16). The summed E-state index contributed by atoms with van der Waals surface area (Å²) in [5.41, 5.74) is 1.02. The molecule has 0 spiro atoms. The molecule has 0 aliphatic heterocycles. The molecule has 0 saturated carbocycles. The van der Waals surface area contributed by atoms with E-state index >= 15 is 0 Å². The van der Waals surface area contributed by atoms with E-state index in [2.05, 4.69) is 20.3 Å². The number of ether oxygens (including phenoxy) is 2. The summed E-state index contributed by atoms with van der Waals surface area (Å²) < 4.78 is 9.97. The molecule has 2 rings (SSSR count). The molecule has 6 nitrogen and oxygen atoms in total. The number of hydrogen-bond donors (Lipinski definition) is 1. The van der Waals surface area contributed by atoms with Crippen LogP contribution in [0.1, 0.15) is 5.56 Å². The smallest absolute Gasteiger partial charge is 0.223 e. The summed E-state index contributed by atoms with van der Waals surface area (Å²) in [6.45, 7) is 0.601. The Morgan fingerprint density at radius 1 is 1.00 bits per heavy atom. The minimum Gasteiger partial charge on any atom is -0.494 e. The van der Waals surface area contributed by atoms with Crippen LogP contribution < -0.4 is 14.8 Å². The first kappa shape index (κ1) is 12.1. The van der Waals surface area contributed by atoms with Gasteiger partial charge in [-0.25, -0.2) is 15.0 Å². The van der Waals surface area contributed by atoms with Gasteiger partial charge < -0.3 is 14.8 Å². The predicted molar refractivity (Wildman–Crippen MR) is 66.7 cm³/mol. The summed E-state index contributed by atoms with van der Waals surface area (Å²) in [6.07, 6.45) is 4.97. The van der Waals surface area contributed by atoms with Crippen LogP contribution in [0.4, 0.5) is 5.95 Å². The fourth-order valence-electron chi connectivity index (χ4n) is 1.33. The second kappa shape index (κ2) is 5.81. The summed E-state index contributed by atoms with van der Waals surface area (Å²) in [5, 5.41) is 3.09. The third-order valence-electron chi connectivity index (χ3n) is 2.32. The van der Waals surface area contributed by atoms with Gasteiger partial charge in [0.15, 0.2) is 5.75 Å². The van der Waals surface area contributed by atoms with Gasteiger partial charge in [0, 0.05) is 18.8 Å².